The van der Waals surface area contributed by atoms with Crippen LogP contribution in [0.25, 0.3) is 11.0 Å². The first-order valence-electron chi connectivity index (χ1n) is 10.7. The molecule has 30 heavy (non-hydrogen) atoms. The molecule has 0 bridgehead atoms. The van der Waals surface area contributed by atoms with E-state index < -0.39 is 10.0 Å². The van der Waals surface area contributed by atoms with Crippen molar-refractivity contribution in [3.8, 4) is 0 Å². The number of carbonyl (C=O) groups excluding carboxylic acids is 1. The maximum Gasteiger partial charge on any atom is 0.289 e. The minimum atomic E-state index is -3.77. The Hall–Kier alpha value is -1.90. The van der Waals surface area contributed by atoms with Gasteiger partial charge in [0.05, 0.1) is 13.2 Å². The zero-order valence-electron chi connectivity index (χ0n) is 18.0. The number of hydrogen-bond donors (Lipinski definition) is 0. The fraction of sp³-hybridized carbons (Fsp3) is 0.591. The van der Waals surface area contributed by atoms with E-state index in [0.717, 1.165) is 31.2 Å². The van der Waals surface area contributed by atoms with Crippen molar-refractivity contribution >= 4 is 26.9 Å². The first kappa shape index (κ1) is 21.3. The lowest BCUT2D eigenvalue weighted by molar-refractivity contribution is 0.0728. The smallest absolute Gasteiger partial charge is 0.289 e. The number of likely N-dealkylation sites (tertiary alicyclic amines) is 1. The maximum atomic E-state index is 13.5. The molecule has 2 saturated heterocycles. The molecule has 0 unspecified atom stereocenters. The lowest BCUT2D eigenvalue weighted by Gasteiger charge is -2.27. The number of carbonyl (C=O) groups is 1. The summed E-state index contributed by atoms with van der Waals surface area (Å²) in [6.07, 6.45) is 4.23. The van der Waals surface area contributed by atoms with Gasteiger partial charge in [0.25, 0.3) is 5.91 Å². The van der Waals surface area contributed by atoms with E-state index in [1.54, 1.807) is 6.92 Å². The largest absolute Gasteiger partial charge is 0.449 e. The maximum absolute atomic E-state index is 13.5. The van der Waals surface area contributed by atoms with Crippen LogP contribution >= 0.6 is 0 Å². The molecule has 0 radical (unpaired) electrons. The molecule has 8 heteroatoms. The van der Waals surface area contributed by atoms with Gasteiger partial charge in [0.2, 0.25) is 10.0 Å². The summed E-state index contributed by atoms with van der Waals surface area (Å²) in [6.45, 7) is 8.36. The van der Waals surface area contributed by atoms with Gasteiger partial charge in [0.1, 0.15) is 4.90 Å². The van der Waals surface area contributed by atoms with Crippen LogP contribution < -0.4 is 0 Å². The van der Waals surface area contributed by atoms with Crippen LogP contribution in [0.2, 0.25) is 0 Å². The Morgan fingerprint density at radius 2 is 1.57 bits per heavy atom. The van der Waals surface area contributed by atoms with Crippen LogP contribution in [-0.2, 0) is 14.8 Å². The zero-order valence-corrected chi connectivity index (χ0v) is 18.8. The molecule has 0 N–H and O–H groups in total. The average Bonchev–Trinajstić information content (AvgIpc) is 2.91. The third kappa shape index (κ3) is 3.65. The molecule has 0 aliphatic carbocycles. The predicted molar refractivity (Wildman–Crippen MR) is 114 cm³/mol. The van der Waals surface area contributed by atoms with Gasteiger partial charge in [-0.1, -0.05) is 12.8 Å². The third-order valence-corrected chi connectivity index (χ3v) is 8.40. The quantitative estimate of drug-likeness (QED) is 0.740. The summed E-state index contributed by atoms with van der Waals surface area (Å²) in [5, 5.41) is 0.697. The van der Waals surface area contributed by atoms with Crippen LogP contribution in [-0.4, -0.2) is 62.9 Å². The fourth-order valence-corrected chi connectivity index (χ4v) is 6.21. The Kier molecular flexibility index (Phi) is 5.92. The van der Waals surface area contributed by atoms with E-state index in [1.165, 1.54) is 4.31 Å². The van der Waals surface area contributed by atoms with Crippen molar-refractivity contribution in [3.05, 3.63) is 28.5 Å². The Morgan fingerprint density at radius 3 is 2.20 bits per heavy atom. The molecule has 7 nitrogen and oxygen atoms in total. The molecule has 1 aromatic carbocycles. The van der Waals surface area contributed by atoms with Crippen LogP contribution in [0.5, 0.6) is 0 Å². The van der Waals surface area contributed by atoms with E-state index in [4.69, 9.17) is 9.15 Å². The summed E-state index contributed by atoms with van der Waals surface area (Å²) in [7, 11) is -3.77. The molecule has 2 fully saturated rings. The molecular formula is C22H30N2O5S. The van der Waals surface area contributed by atoms with Crippen molar-refractivity contribution < 1.29 is 22.4 Å². The number of sulfonamides is 1. The van der Waals surface area contributed by atoms with E-state index in [9.17, 15) is 13.2 Å². The van der Waals surface area contributed by atoms with Gasteiger partial charge >= 0.3 is 0 Å². The number of aryl methyl sites for hydroxylation is 2. The SMILES string of the molecule is Cc1cc2c(C)c(C(=O)N3CCCCCC3)oc2c(S(=O)(=O)N2CCOCC2)c1C. The van der Waals surface area contributed by atoms with Crippen LogP contribution in [0, 0.1) is 20.8 Å². The number of benzene rings is 1. The minimum Gasteiger partial charge on any atom is -0.449 e. The van der Waals surface area contributed by atoms with Gasteiger partial charge in [-0.15, -0.1) is 0 Å². The van der Waals surface area contributed by atoms with Crippen molar-refractivity contribution in [2.75, 3.05) is 39.4 Å². The van der Waals surface area contributed by atoms with Crippen LogP contribution in [0.15, 0.2) is 15.4 Å². The summed E-state index contributed by atoms with van der Waals surface area (Å²) in [6, 6.07) is 1.93. The van der Waals surface area contributed by atoms with Gasteiger partial charge in [-0.25, -0.2) is 8.42 Å². The van der Waals surface area contributed by atoms with Crippen molar-refractivity contribution in [3.63, 3.8) is 0 Å². The standard InChI is InChI=1S/C22H30N2O5S/c1-15-14-18-17(3)19(22(25)23-8-6-4-5-7-9-23)29-20(18)21(16(15)2)30(26,27)24-10-12-28-13-11-24/h14H,4-13H2,1-3H3. The number of ether oxygens (including phenoxy) is 1. The predicted octanol–water partition coefficient (Wildman–Crippen LogP) is 3.40. The van der Waals surface area contributed by atoms with Crippen molar-refractivity contribution in [1.29, 1.82) is 0 Å². The van der Waals surface area contributed by atoms with Crippen LogP contribution in [0.4, 0.5) is 0 Å². The highest BCUT2D eigenvalue weighted by molar-refractivity contribution is 7.89. The molecule has 1 amide bonds. The number of fused-ring (bicyclic) bond motifs is 1. The molecule has 2 aliphatic heterocycles. The summed E-state index contributed by atoms with van der Waals surface area (Å²) in [5.41, 5.74) is 2.53. The molecular weight excluding hydrogens is 404 g/mol. The zero-order chi connectivity index (χ0) is 21.5. The topological polar surface area (TPSA) is 80.1 Å². The highest BCUT2D eigenvalue weighted by atomic mass is 32.2. The first-order chi connectivity index (χ1) is 14.3. The minimum absolute atomic E-state index is 0.143. The van der Waals surface area contributed by atoms with E-state index in [-0.39, 0.29) is 16.6 Å². The second-order valence-electron chi connectivity index (χ2n) is 8.30. The van der Waals surface area contributed by atoms with Gasteiger partial charge in [-0.3, -0.25) is 4.79 Å². The van der Waals surface area contributed by atoms with Gasteiger partial charge in [0.15, 0.2) is 11.3 Å². The number of morpholine rings is 1. The van der Waals surface area contributed by atoms with E-state index >= 15 is 0 Å². The lowest BCUT2D eigenvalue weighted by atomic mass is 10.0. The molecule has 0 saturated carbocycles. The molecule has 0 atom stereocenters. The second-order valence-corrected chi connectivity index (χ2v) is 10.2. The molecule has 2 aromatic rings. The van der Waals surface area contributed by atoms with Crippen LogP contribution in [0.1, 0.15) is 52.9 Å². The van der Waals surface area contributed by atoms with Gasteiger partial charge in [-0.05, 0) is 50.8 Å². The van der Waals surface area contributed by atoms with Crippen molar-refractivity contribution in [1.82, 2.24) is 9.21 Å². The molecule has 0 spiro atoms. The summed E-state index contributed by atoms with van der Waals surface area (Å²) >= 11 is 0. The highest BCUT2D eigenvalue weighted by Gasteiger charge is 2.34. The van der Waals surface area contributed by atoms with E-state index in [2.05, 4.69) is 0 Å². The van der Waals surface area contributed by atoms with Crippen molar-refractivity contribution in [2.45, 2.75) is 51.3 Å². The Balaban J connectivity index is 1.84. The first-order valence-corrected chi connectivity index (χ1v) is 12.2. The third-order valence-electron chi connectivity index (χ3n) is 6.35. The van der Waals surface area contributed by atoms with E-state index in [1.807, 2.05) is 24.8 Å². The molecule has 164 valence electrons. The Morgan fingerprint density at radius 1 is 0.933 bits per heavy atom. The second kappa shape index (κ2) is 8.32. The number of nitrogens with zero attached hydrogens (tertiary/aromatic N) is 2. The Labute approximate surface area is 178 Å². The summed E-state index contributed by atoms with van der Waals surface area (Å²) in [4.78, 5) is 15.3. The van der Waals surface area contributed by atoms with Gasteiger partial charge in [-0.2, -0.15) is 4.31 Å². The average molecular weight is 435 g/mol. The molecule has 4 rings (SSSR count). The number of rotatable bonds is 3. The van der Waals surface area contributed by atoms with Gasteiger partial charge in [0, 0.05) is 37.1 Å². The number of amides is 1. The van der Waals surface area contributed by atoms with Crippen LogP contribution in [0.3, 0.4) is 0 Å². The van der Waals surface area contributed by atoms with Gasteiger partial charge < -0.3 is 14.1 Å². The highest BCUT2D eigenvalue weighted by Crippen LogP contribution is 2.36. The summed E-state index contributed by atoms with van der Waals surface area (Å²) < 4.78 is 39.9. The molecule has 2 aliphatic rings. The fourth-order valence-electron chi connectivity index (χ4n) is 4.39. The lowest BCUT2D eigenvalue weighted by Crippen LogP contribution is -2.41. The summed E-state index contributed by atoms with van der Waals surface area (Å²) in [5.74, 6) is 0.117. The Bertz CT molecular complexity index is 1060. The number of furan rings is 1. The normalized spacial score (nSPS) is 19.2. The monoisotopic (exact) mass is 434 g/mol. The van der Waals surface area contributed by atoms with E-state index in [0.29, 0.717) is 61.5 Å². The van der Waals surface area contributed by atoms with Crippen molar-refractivity contribution in [2.24, 2.45) is 0 Å². The molecule has 3 heterocycles. The number of hydrogen-bond acceptors (Lipinski definition) is 5. The molecule has 1 aromatic heterocycles.